The summed E-state index contributed by atoms with van der Waals surface area (Å²) >= 11 is 0. The van der Waals surface area contributed by atoms with Gasteiger partial charge in [-0.2, -0.15) is 5.10 Å². The van der Waals surface area contributed by atoms with Gasteiger partial charge in [-0.15, -0.1) is 0 Å². The van der Waals surface area contributed by atoms with E-state index in [0.717, 1.165) is 5.69 Å². The smallest absolute Gasteiger partial charge is 0.273 e. The van der Waals surface area contributed by atoms with Gasteiger partial charge in [0.1, 0.15) is 0 Å². The first-order valence-corrected chi connectivity index (χ1v) is 5.10. The highest BCUT2D eigenvalue weighted by Gasteiger charge is 2.10. The van der Waals surface area contributed by atoms with Crippen molar-refractivity contribution in [3.05, 3.63) is 46.3 Å². The third-order valence-corrected chi connectivity index (χ3v) is 2.39. The molecule has 0 aliphatic carbocycles. The van der Waals surface area contributed by atoms with E-state index in [0.29, 0.717) is 11.4 Å². The highest BCUT2D eigenvalue weighted by Crippen LogP contribution is 2.22. The van der Waals surface area contributed by atoms with Crippen molar-refractivity contribution >= 4 is 11.4 Å². The molecule has 0 fully saturated rings. The molecule has 2 rings (SSSR count). The van der Waals surface area contributed by atoms with Gasteiger partial charge in [-0.25, -0.2) is 4.68 Å². The number of aromatic nitrogens is 2. The van der Waals surface area contributed by atoms with Crippen molar-refractivity contribution in [2.75, 3.05) is 12.4 Å². The molecule has 0 spiro atoms. The molecule has 1 N–H and O–H groups in total. The maximum atomic E-state index is 10.8. The Hall–Kier alpha value is -2.37. The molecule has 1 aromatic carbocycles. The van der Waals surface area contributed by atoms with E-state index in [2.05, 4.69) is 10.4 Å². The summed E-state index contributed by atoms with van der Waals surface area (Å²) in [5, 5.41) is 17.9. The molecule has 1 aromatic heterocycles. The number of nitro groups is 1. The van der Waals surface area contributed by atoms with Crippen molar-refractivity contribution < 1.29 is 4.92 Å². The average molecular weight is 232 g/mol. The van der Waals surface area contributed by atoms with E-state index >= 15 is 0 Å². The number of nitrogens with zero attached hydrogens (tertiary/aromatic N) is 3. The lowest BCUT2D eigenvalue weighted by molar-refractivity contribution is -0.384. The Bertz CT molecular complexity index is 562. The van der Waals surface area contributed by atoms with Crippen LogP contribution in [0.4, 0.5) is 11.4 Å². The molecule has 0 bridgehead atoms. The van der Waals surface area contributed by atoms with Crippen LogP contribution >= 0.6 is 0 Å². The van der Waals surface area contributed by atoms with Crippen LogP contribution in [0.25, 0.3) is 5.69 Å². The number of anilines is 1. The molecule has 0 aliphatic heterocycles. The number of nitrogens with one attached hydrogen (secondary N) is 1. The molecular formula is C11H12N4O2. The SMILES string of the molecule is CNc1cc(-n2ccc(C)n2)cc([N+](=O)[O-])c1. The first-order valence-electron chi connectivity index (χ1n) is 5.10. The number of nitro benzene ring substituents is 1. The minimum absolute atomic E-state index is 0.0417. The van der Waals surface area contributed by atoms with Gasteiger partial charge in [0.05, 0.1) is 16.3 Å². The fraction of sp³-hybridized carbons (Fsp3) is 0.182. The van der Waals surface area contributed by atoms with Crippen LogP contribution in [0.2, 0.25) is 0 Å². The van der Waals surface area contributed by atoms with E-state index in [1.807, 2.05) is 13.0 Å². The van der Waals surface area contributed by atoms with Crippen LogP contribution in [0.3, 0.4) is 0 Å². The molecule has 0 aliphatic rings. The standard InChI is InChI=1S/C11H12N4O2/c1-8-3-4-14(13-8)10-5-9(12-2)6-11(7-10)15(16)17/h3-7,12H,1-2H3. The van der Waals surface area contributed by atoms with Gasteiger partial charge in [0.25, 0.3) is 5.69 Å². The summed E-state index contributed by atoms with van der Waals surface area (Å²) in [6, 6.07) is 6.63. The van der Waals surface area contributed by atoms with Crippen LogP contribution < -0.4 is 5.32 Å². The topological polar surface area (TPSA) is 73.0 Å². The van der Waals surface area contributed by atoms with Crippen LogP contribution in [-0.4, -0.2) is 21.8 Å². The second-order valence-corrected chi connectivity index (χ2v) is 3.65. The lowest BCUT2D eigenvalue weighted by Gasteiger charge is -2.05. The van der Waals surface area contributed by atoms with Gasteiger partial charge in [0, 0.05) is 31.1 Å². The van der Waals surface area contributed by atoms with Crippen molar-refractivity contribution in [1.29, 1.82) is 0 Å². The Morgan fingerprint density at radius 1 is 1.41 bits per heavy atom. The zero-order valence-electron chi connectivity index (χ0n) is 9.54. The number of benzene rings is 1. The zero-order chi connectivity index (χ0) is 12.4. The van der Waals surface area contributed by atoms with Crippen LogP contribution in [-0.2, 0) is 0 Å². The van der Waals surface area contributed by atoms with E-state index in [-0.39, 0.29) is 5.69 Å². The molecule has 17 heavy (non-hydrogen) atoms. The van der Waals surface area contributed by atoms with Crippen LogP contribution in [0.15, 0.2) is 30.5 Å². The molecule has 0 saturated heterocycles. The van der Waals surface area contributed by atoms with Crippen LogP contribution in [0.1, 0.15) is 5.69 Å². The molecule has 2 aromatic rings. The molecule has 0 radical (unpaired) electrons. The lowest BCUT2D eigenvalue weighted by Crippen LogP contribution is -1.99. The van der Waals surface area contributed by atoms with Gasteiger partial charge >= 0.3 is 0 Å². The maximum absolute atomic E-state index is 10.8. The Morgan fingerprint density at radius 3 is 2.71 bits per heavy atom. The molecule has 0 atom stereocenters. The van der Waals surface area contributed by atoms with Gasteiger partial charge in [-0.3, -0.25) is 10.1 Å². The Kier molecular flexibility index (Phi) is 2.78. The van der Waals surface area contributed by atoms with Gasteiger partial charge < -0.3 is 5.32 Å². The maximum Gasteiger partial charge on any atom is 0.273 e. The molecule has 0 amide bonds. The second kappa shape index (κ2) is 4.25. The van der Waals surface area contributed by atoms with Gasteiger partial charge in [0.2, 0.25) is 0 Å². The summed E-state index contributed by atoms with van der Waals surface area (Å²) in [5.41, 5.74) is 2.25. The summed E-state index contributed by atoms with van der Waals surface area (Å²) in [6.07, 6.45) is 1.77. The van der Waals surface area contributed by atoms with Crippen LogP contribution in [0, 0.1) is 17.0 Å². The highest BCUT2D eigenvalue weighted by molar-refractivity contribution is 5.58. The molecular weight excluding hydrogens is 220 g/mol. The molecule has 6 heteroatoms. The van der Waals surface area contributed by atoms with Crippen LogP contribution in [0.5, 0.6) is 0 Å². The predicted molar refractivity (Wildman–Crippen MR) is 64.5 cm³/mol. The van der Waals surface area contributed by atoms with E-state index in [1.165, 1.54) is 12.1 Å². The Labute approximate surface area is 98.0 Å². The van der Waals surface area contributed by atoms with Crippen molar-refractivity contribution in [2.45, 2.75) is 6.92 Å². The van der Waals surface area contributed by atoms with Crippen molar-refractivity contribution in [2.24, 2.45) is 0 Å². The Balaban J connectivity index is 2.53. The first-order chi connectivity index (χ1) is 8.10. The molecule has 88 valence electrons. The first kappa shape index (κ1) is 11.1. The quantitative estimate of drug-likeness (QED) is 0.649. The minimum atomic E-state index is -0.416. The van der Waals surface area contributed by atoms with Crippen molar-refractivity contribution in [3.8, 4) is 5.69 Å². The highest BCUT2D eigenvalue weighted by atomic mass is 16.6. The molecule has 0 saturated carbocycles. The lowest BCUT2D eigenvalue weighted by atomic mass is 10.2. The van der Waals surface area contributed by atoms with Crippen molar-refractivity contribution in [3.63, 3.8) is 0 Å². The number of non-ortho nitro benzene ring substituents is 1. The Morgan fingerprint density at radius 2 is 2.18 bits per heavy atom. The molecule has 0 unspecified atom stereocenters. The predicted octanol–water partition coefficient (Wildman–Crippen LogP) is 2.13. The fourth-order valence-electron chi connectivity index (χ4n) is 1.54. The van der Waals surface area contributed by atoms with Crippen molar-refractivity contribution in [1.82, 2.24) is 9.78 Å². The molecule has 6 nitrogen and oxygen atoms in total. The number of hydrogen-bond donors (Lipinski definition) is 1. The third-order valence-electron chi connectivity index (χ3n) is 2.39. The summed E-state index contributed by atoms with van der Waals surface area (Å²) in [7, 11) is 1.72. The number of hydrogen-bond acceptors (Lipinski definition) is 4. The van der Waals surface area contributed by atoms with E-state index in [4.69, 9.17) is 0 Å². The monoisotopic (exact) mass is 232 g/mol. The summed E-state index contributed by atoms with van der Waals surface area (Å²) in [5.74, 6) is 0. The van der Waals surface area contributed by atoms with Gasteiger partial charge in [0.15, 0.2) is 0 Å². The fourth-order valence-corrected chi connectivity index (χ4v) is 1.54. The van der Waals surface area contributed by atoms with Gasteiger partial charge in [-0.1, -0.05) is 0 Å². The summed E-state index contributed by atoms with van der Waals surface area (Å²) in [4.78, 5) is 10.4. The number of rotatable bonds is 3. The third kappa shape index (κ3) is 2.25. The summed E-state index contributed by atoms with van der Waals surface area (Å²) < 4.78 is 1.61. The van der Waals surface area contributed by atoms with E-state index < -0.39 is 4.92 Å². The number of aryl methyl sites for hydroxylation is 1. The minimum Gasteiger partial charge on any atom is -0.388 e. The summed E-state index contributed by atoms with van der Waals surface area (Å²) in [6.45, 7) is 1.87. The molecule has 1 heterocycles. The second-order valence-electron chi connectivity index (χ2n) is 3.65. The average Bonchev–Trinajstić information content (AvgIpc) is 2.75. The van der Waals surface area contributed by atoms with E-state index in [9.17, 15) is 10.1 Å². The zero-order valence-corrected chi connectivity index (χ0v) is 9.54. The van der Waals surface area contributed by atoms with E-state index in [1.54, 1.807) is 24.0 Å². The largest absolute Gasteiger partial charge is 0.388 e. The normalized spacial score (nSPS) is 10.2. The van der Waals surface area contributed by atoms with Gasteiger partial charge in [-0.05, 0) is 19.1 Å².